The molecule has 1 aromatic rings. The van der Waals surface area contributed by atoms with Gasteiger partial charge in [0.15, 0.2) is 0 Å². The van der Waals surface area contributed by atoms with Crippen LogP contribution >= 0.6 is 0 Å². The van der Waals surface area contributed by atoms with E-state index in [0.29, 0.717) is 12.0 Å². The van der Waals surface area contributed by atoms with Gasteiger partial charge < -0.3 is 5.32 Å². The summed E-state index contributed by atoms with van der Waals surface area (Å²) in [5.41, 5.74) is 2.30. The maximum atomic E-state index is 13.0. The monoisotopic (exact) mass is 223 g/mol. The number of hydrogen-bond acceptors (Lipinski definition) is 1. The molecule has 0 aromatic heterocycles. The molecule has 2 atom stereocenters. The highest BCUT2D eigenvalue weighted by atomic mass is 19.1. The Hall–Kier alpha value is -0.890. The molecule has 0 aliphatic rings. The summed E-state index contributed by atoms with van der Waals surface area (Å²) in [6.45, 7) is 9.52. The topological polar surface area (TPSA) is 12.0 Å². The summed E-state index contributed by atoms with van der Waals surface area (Å²) in [4.78, 5) is 0. The molecular weight excluding hydrogens is 201 g/mol. The Bertz CT molecular complexity index is 336. The molecule has 1 nitrogen and oxygen atoms in total. The molecule has 1 N–H and O–H groups in total. The van der Waals surface area contributed by atoms with Gasteiger partial charge in [0, 0.05) is 6.04 Å². The molecule has 90 valence electrons. The number of rotatable bonds is 5. The zero-order valence-electron chi connectivity index (χ0n) is 10.7. The second-order valence-corrected chi connectivity index (χ2v) is 4.60. The van der Waals surface area contributed by atoms with Gasteiger partial charge in [-0.3, -0.25) is 0 Å². The molecule has 0 amide bonds. The van der Waals surface area contributed by atoms with Gasteiger partial charge in [0.2, 0.25) is 0 Å². The number of halogens is 1. The van der Waals surface area contributed by atoms with E-state index in [1.54, 1.807) is 12.1 Å². The van der Waals surface area contributed by atoms with Gasteiger partial charge in [-0.15, -0.1) is 0 Å². The lowest BCUT2D eigenvalue weighted by Gasteiger charge is -2.21. The van der Waals surface area contributed by atoms with Crippen LogP contribution in [0, 0.1) is 18.7 Å². The molecular formula is C14H22FN. The first-order valence-electron chi connectivity index (χ1n) is 6.03. The van der Waals surface area contributed by atoms with Crippen LogP contribution in [0.25, 0.3) is 0 Å². The van der Waals surface area contributed by atoms with Crippen LogP contribution in [0.5, 0.6) is 0 Å². The van der Waals surface area contributed by atoms with Crippen molar-refractivity contribution in [2.45, 2.75) is 40.2 Å². The second-order valence-electron chi connectivity index (χ2n) is 4.60. The van der Waals surface area contributed by atoms with Crippen LogP contribution < -0.4 is 5.32 Å². The van der Waals surface area contributed by atoms with Crippen LogP contribution in [-0.2, 0) is 6.42 Å². The molecule has 0 fully saturated rings. The Balaban J connectivity index is 2.65. The van der Waals surface area contributed by atoms with Gasteiger partial charge >= 0.3 is 0 Å². The van der Waals surface area contributed by atoms with Crippen LogP contribution in [0.1, 0.15) is 31.9 Å². The van der Waals surface area contributed by atoms with Gasteiger partial charge in [-0.25, -0.2) is 4.39 Å². The normalized spacial score (nSPS) is 14.8. The van der Waals surface area contributed by atoms with Crippen molar-refractivity contribution in [3.63, 3.8) is 0 Å². The second kappa shape index (κ2) is 6.00. The first kappa shape index (κ1) is 13.2. The standard InChI is InChI=1S/C14H22FN/c1-5-16-12(4)10(2)8-13-6-7-14(15)9-11(13)3/h6-7,9-10,12,16H,5,8H2,1-4H3. The highest BCUT2D eigenvalue weighted by molar-refractivity contribution is 5.27. The number of nitrogens with one attached hydrogen (secondary N) is 1. The van der Waals surface area contributed by atoms with E-state index in [9.17, 15) is 4.39 Å². The van der Waals surface area contributed by atoms with Gasteiger partial charge in [-0.2, -0.15) is 0 Å². The van der Waals surface area contributed by atoms with E-state index in [4.69, 9.17) is 0 Å². The van der Waals surface area contributed by atoms with Crippen LogP contribution in [0.3, 0.4) is 0 Å². The van der Waals surface area contributed by atoms with E-state index in [-0.39, 0.29) is 5.82 Å². The molecule has 1 rings (SSSR count). The fourth-order valence-electron chi connectivity index (χ4n) is 1.94. The van der Waals surface area contributed by atoms with Crippen LogP contribution in [-0.4, -0.2) is 12.6 Å². The van der Waals surface area contributed by atoms with Gasteiger partial charge in [-0.1, -0.05) is 19.9 Å². The molecule has 0 aliphatic carbocycles. The lowest BCUT2D eigenvalue weighted by Crippen LogP contribution is -2.33. The summed E-state index contributed by atoms with van der Waals surface area (Å²) in [6, 6.07) is 5.56. The summed E-state index contributed by atoms with van der Waals surface area (Å²) in [5, 5.41) is 3.42. The van der Waals surface area contributed by atoms with Crippen molar-refractivity contribution in [3.8, 4) is 0 Å². The Morgan fingerprint density at radius 2 is 2.00 bits per heavy atom. The SMILES string of the molecule is CCNC(C)C(C)Cc1ccc(F)cc1C. The molecule has 0 radical (unpaired) electrons. The van der Waals surface area contributed by atoms with Gasteiger partial charge in [0.25, 0.3) is 0 Å². The summed E-state index contributed by atoms with van der Waals surface area (Å²) < 4.78 is 13.0. The van der Waals surface area contributed by atoms with E-state index < -0.39 is 0 Å². The number of hydrogen-bond donors (Lipinski definition) is 1. The third kappa shape index (κ3) is 3.60. The van der Waals surface area contributed by atoms with Crippen molar-refractivity contribution in [1.29, 1.82) is 0 Å². The summed E-state index contributed by atoms with van der Waals surface area (Å²) in [6.07, 6.45) is 1.00. The summed E-state index contributed by atoms with van der Waals surface area (Å²) in [5.74, 6) is 0.415. The zero-order chi connectivity index (χ0) is 12.1. The minimum atomic E-state index is -0.145. The Kier molecular flexibility index (Phi) is 4.94. The molecule has 0 heterocycles. The maximum absolute atomic E-state index is 13.0. The van der Waals surface area contributed by atoms with Gasteiger partial charge in [0.05, 0.1) is 0 Å². The van der Waals surface area contributed by atoms with Crippen LogP contribution in [0.2, 0.25) is 0 Å². The Morgan fingerprint density at radius 1 is 1.31 bits per heavy atom. The van der Waals surface area contributed by atoms with E-state index in [1.165, 1.54) is 5.56 Å². The van der Waals surface area contributed by atoms with Crippen LogP contribution in [0.4, 0.5) is 4.39 Å². The zero-order valence-corrected chi connectivity index (χ0v) is 10.7. The minimum Gasteiger partial charge on any atom is -0.314 e. The fraction of sp³-hybridized carbons (Fsp3) is 0.571. The van der Waals surface area contributed by atoms with Crippen molar-refractivity contribution in [2.75, 3.05) is 6.54 Å². The molecule has 2 unspecified atom stereocenters. The molecule has 0 aliphatic heterocycles. The molecule has 0 saturated carbocycles. The highest BCUT2D eigenvalue weighted by Crippen LogP contribution is 2.16. The molecule has 16 heavy (non-hydrogen) atoms. The highest BCUT2D eigenvalue weighted by Gasteiger charge is 2.12. The fourth-order valence-corrected chi connectivity index (χ4v) is 1.94. The quantitative estimate of drug-likeness (QED) is 0.807. The van der Waals surface area contributed by atoms with E-state index in [2.05, 4.69) is 26.1 Å². The Labute approximate surface area is 98.1 Å². The van der Waals surface area contributed by atoms with E-state index in [0.717, 1.165) is 18.5 Å². The molecule has 0 spiro atoms. The van der Waals surface area contributed by atoms with Crippen molar-refractivity contribution < 1.29 is 4.39 Å². The predicted octanol–water partition coefficient (Wildman–Crippen LogP) is 3.31. The predicted molar refractivity (Wildman–Crippen MR) is 67.1 cm³/mol. The van der Waals surface area contributed by atoms with Crippen molar-refractivity contribution >= 4 is 0 Å². The third-order valence-electron chi connectivity index (χ3n) is 3.23. The average Bonchev–Trinajstić information content (AvgIpc) is 2.22. The van der Waals surface area contributed by atoms with Crippen LogP contribution in [0.15, 0.2) is 18.2 Å². The lowest BCUT2D eigenvalue weighted by atomic mass is 9.92. The summed E-state index contributed by atoms with van der Waals surface area (Å²) >= 11 is 0. The van der Waals surface area contributed by atoms with Crippen molar-refractivity contribution in [3.05, 3.63) is 35.1 Å². The first-order valence-corrected chi connectivity index (χ1v) is 6.03. The number of benzene rings is 1. The molecule has 0 bridgehead atoms. The van der Waals surface area contributed by atoms with E-state index >= 15 is 0 Å². The average molecular weight is 223 g/mol. The first-order chi connectivity index (χ1) is 7.54. The number of aryl methyl sites for hydroxylation is 1. The van der Waals surface area contributed by atoms with Crippen molar-refractivity contribution in [2.24, 2.45) is 5.92 Å². The van der Waals surface area contributed by atoms with Gasteiger partial charge in [-0.05, 0) is 56.0 Å². The maximum Gasteiger partial charge on any atom is 0.123 e. The Morgan fingerprint density at radius 3 is 2.56 bits per heavy atom. The summed E-state index contributed by atoms with van der Waals surface area (Å²) in [7, 11) is 0. The third-order valence-corrected chi connectivity index (χ3v) is 3.23. The molecule has 0 saturated heterocycles. The molecule has 2 heteroatoms. The smallest absolute Gasteiger partial charge is 0.123 e. The largest absolute Gasteiger partial charge is 0.314 e. The van der Waals surface area contributed by atoms with E-state index in [1.807, 2.05) is 13.0 Å². The molecule has 1 aromatic carbocycles. The van der Waals surface area contributed by atoms with Crippen molar-refractivity contribution in [1.82, 2.24) is 5.32 Å². The lowest BCUT2D eigenvalue weighted by molar-refractivity contribution is 0.405. The minimum absolute atomic E-state index is 0.145. The van der Waals surface area contributed by atoms with Gasteiger partial charge in [0.1, 0.15) is 5.82 Å².